The fraction of sp³-hybridized carbons (Fsp3) is 0.769. The molecule has 0 aromatic heterocycles. The lowest BCUT2D eigenvalue weighted by Gasteiger charge is -2.46. The summed E-state index contributed by atoms with van der Waals surface area (Å²) in [6, 6.07) is 0. The Bertz CT molecular complexity index is 1040. The van der Waals surface area contributed by atoms with Crippen LogP contribution in [0.15, 0.2) is 0 Å². The van der Waals surface area contributed by atoms with E-state index in [1.54, 1.807) is 0 Å². The smallest absolute Gasteiger partial charge is 0.303 e. The topological polar surface area (TPSA) is 241 Å². The molecule has 250 valence electrons. The molecule has 2 rings (SSSR count). The zero-order valence-corrected chi connectivity index (χ0v) is 25.2. The Balaban J connectivity index is 2.45. The van der Waals surface area contributed by atoms with Gasteiger partial charge in [0.05, 0.1) is 13.2 Å². The van der Waals surface area contributed by atoms with Crippen LogP contribution in [0.4, 0.5) is 0 Å². The van der Waals surface area contributed by atoms with Crippen LogP contribution in [0.3, 0.4) is 0 Å². The van der Waals surface area contributed by atoms with Gasteiger partial charge in [-0.15, -0.1) is 0 Å². The predicted octanol–water partition coefficient (Wildman–Crippen LogP) is -1.99. The highest BCUT2D eigenvalue weighted by atomic mass is 16.7. The van der Waals surface area contributed by atoms with Crippen LogP contribution in [0.25, 0.3) is 0 Å². The first-order valence-electron chi connectivity index (χ1n) is 13.6. The number of esters is 6. The lowest BCUT2D eigenvalue weighted by molar-refractivity contribution is -0.333. The van der Waals surface area contributed by atoms with Crippen molar-refractivity contribution in [1.29, 1.82) is 0 Å². The summed E-state index contributed by atoms with van der Waals surface area (Å²) >= 11 is 0. The zero-order chi connectivity index (χ0) is 33.1. The summed E-state index contributed by atoms with van der Waals surface area (Å²) in [6.07, 6.45) is -14.5. The molecule has 10 atom stereocenters. The van der Waals surface area contributed by atoms with Gasteiger partial charge in [-0.1, -0.05) is 0 Å². The average Bonchev–Trinajstić information content (AvgIpc) is 2.89. The van der Waals surface area contributed by atoms with Gasteiger partial charge in [0.2, 0.25) is 0 Å². The van der Waals surface area contributed by atoms with Gasteiger partial charge in [0.15, 0.2) is 43.1 Å². The highest BCUT2D eigenvalue weighted by Crippen LogP contribution is 2.32. The second-order valence-electron chi connectivity index (χ2n) is 9.74. The summed E-state index contributed by atoms with van der Waals surface area (Å²) in [7, 11) is 0. The number of ether oxygens (including phenoxy) is 10. The van der Waals surface area contributed by atoms with Crippen LogP contribution < -0.4 is 5.73 Å². The van der Waals surface area contributed by atoms with E-state index in [0.717, 1.165) is 41.5 Å². The van der Waals surface area contributed by atoms with Crippen molar-refractivity contribution in [2.24, 2.45) is 5.73 Å². The summed E-state index contributed by atoms with van der Waals surface area (Å²) in [5.41, 5.74) is 5.60. The van der Waals surface area contributed by atoms with Gasteiger partial charge >= 0.3 is 35.8 Å². The van der Waals surface area contributed by atoms with Crippen LogP contribution in [0, 0.1) is 0 Å². The Hall–Kier alpha value is -3.42. The molecular formula is C26H39NO17. The van der Waals surface area contributed by atoms with Crippen molar-refractivity contribution >= 4 is 35.8 Å². The minimum Gasteiger partial charge on any atom is -0.463 e. The number of aliphatic hydroxyl groups is 1. The van der Waals surface area contributed by atoms with Crippen molar-refractivity contribution in [3.8, 4) is 0 Å². The predicted molar refractivity (Wildman–Crippen MR) is 139 cm³/mol. The molecule has 0 radical (unpaired) electrons. The Morgan fingerprint density at radius 1 is 0.568 bits per heavy atom. The second-order valence-corrected chi connectivity index (χ2v) is 9.74. The highest BCUT2D eigenvalue weighted by molar-refractivity contribution is 5.69. The molecule has 18 heteroatoms. The Morgan fingerprint density at radius 2 is 1.00 bits per heavy atom. The van der Waals surface area contributed by atoms with Gasteiger partial charge in [0, 0.05) is 48.1 Å². The second kappa shape index (κ2) is 17.2. The quantitative estimate of drug-likeness (QED) is 0.164. The van der Waals surface area contributed by atoms with Gasteiger partial charge in [0.25, 0.3) is 0 Å². The van der Waals surface area contributed by atoms with E-state index in [2.05, 4.69) is 0 Å². The molecule has 0 saturated carbocycles. The van der Waals surface area contributed by atoms with Crippen molar-refractivity contribution in [3.05, 3.63) is 0 Å². The van der Waals surface area contributed by atoms with Gasteiger partial charge in [0.1, 0.15) is 24.9 Å². The summed E-state index contributed by atoms with van der Waals surface area (Å²) in [5.74, 6) is -4.77. The van der Waals surface area contributed by atoms with Crippen LogP contribution in [0.5, 0.6) is 0 Å². The molecule has 2 heterocycles. The van der Waals surface area contributed by atoms with E-state index in [4.69, 9.17) is 53.1 Å². The molecule has 0 unspecified atom stereocenters. The van der Waals surface area contributed by atoms with Gasteiger partial charge in [-0.05, 0) is 0 Å². The molecule has 2 fully saturated rings. The molecule has 2 aliphatic rings. The Labute approximate surface area is 252 Å². The van der Waals surface area contributed by atoms with Crippen molar-refractivity contribution in [2.75, 3.05) is 26.4 Å². The van der Waals surface area contributed by atoms with Crippen molar-refractivity contribution in [1.82, 2.24) is 0 Å². The molecule has 0 bridgehead atoms. The van der Waals surface area contributed by atoms with Crippen LogP contribution in [0.2, 0.25) is 0 Å². The maximum atomic E-state index is 12.1. The lowest BCUT2D eigenvalue weighted by atomic mass is 9.97. The normalized spacial score (nSPS) is 31.6. The van der Waals surface area contributed by atoms with E-state index in [1.807, 2.05) is 0 Å². The van der Waals surface area contributed by atoms with Crippen molar-refractivity contribution < 1.29 is 81.2 Å². The first kappa shape index (κ1) is 36.8. The summed E-state index contributed by atoms with van der Waals surface area (Å²) in [6.45, 7) is 5.41. The minimum absolute atomic E-state index is 0.0131. The number of rotatable bonds is 13. The summed E-state index contributed by atoms with van der Waals surface area (Å²) < 4.78 is 54.7. The van der Waals surface area contributed by atoms with Crippen molar-refractivity contribution in [3.63, 3.8) is 0 Å². The maximum absolute atomic E-state index is 12.1. The molecule has 3 N–H and O–H groups in total. The molecule has 44 heavy (non-hydrogen) atoms. The fourth-order valence-electron chi connectivity index (χ4n) is 4.58. The van der Waals surface area contributed by atoms with E-state index >= 15 is 0 Å². The first-order valence-corrected chi connectivity index (χ1v) is 13.6. The van der Waals surface area contributed by atoms with E-state index in [9.17, 15) is 33.9 Å². The maximum Gasteiger partial charge on any atom is 0.303 e. The van der Waals surface area contributed by atoms with Crippen LogP contribution in [-0.4, -0.2) is 129 Å². The van der Waals surface area contributed by atoms with E-state index in [1.165, 1.54) is 0 Å². The number of carbonyl (C=O) groups is 6. The number of aliphatic hydroxyl groups excluding tert-OH is 1. The Kier molecular flexibility index (Phi) is 14.3. The summed E-state index contributed by atoms with van der Waals surface area (Å²) in [4.78, 5) is 71.2. The largest absolute Gasteiger partial charge is 0.463 e. The third-order valence-corrected chi connectivity index (χ3v) is 6.01. The molecule has 0 aromatic rings. The van der Waals surface area contributed by atoms with Crippen LogP contribution >= 0.6 is 0 Å². The molecule has 2 saturated heterocycles. The first-order chi connectivity index (χ1) is 20.6. The monoisotopic (exact) mass is 637 g/mol. The fourth-order valence-corrected chi connectivity index (χ4v) is 4.58. The van der Waals surface area contributed by atoms with E-state index in [0.29, 0.717) is 0 Å². The molecular weight excluding hydrogens is 598 g/mol. The summed E-state index contributed by atoms with van der Waals surface area (Å²) in [5, 5.41) is 10.6. The lowest BCUT2D eigenvalue weighted by Crippen LogP contribution is -2.64. The molecule has 2 aliphatic heterocycles. The molecule has 18 nitrogen and oxygen atoms in total. The third kappa shape index (κ3) is 10.9. The number of nitrogens with two attached hydrogens (primary N) is 1. The van der Waals surface area contributed by atoms with Crippen molar-refractivity contribution in [2.45, 2.75) is 103 Å². The number of hydrogen-bond acceptors (Lipinski definition) is 18. The molecule has 0 aromatic carbocycles. The van der Waals surface area contributed by atoms with E-state index in [-0.39, 0.29) is 13.2 Å². The van der Waals surface area contributed by atoms with E-state index < -0.39 is 110 Å². The molecule has 0 amide bonds. The van der Waals surface area contributed by atoms with Crippen LogP contribution in [-0.2, 0) is 76.1 Å². The Morgan fingerprint density at radius 3 is 1.45 bits per heavy atom. The average molecular weight is 638 g/mol. The zero-order valence-electron chi connectivity index (χ0n) is 25.2. The van der Waals surface area contributed by atoms with Gasteiger partial charge in [-0.2, -0.15) is 0 Å². The SMILES string of the molecule is CC(=O)OC[C@H]1O[C@@H](OC[C@H]2O[C@@H](O)[C@H](OC(C)=O)[C@@H](OC(C)=O)[C@@H]2OC(C)=O)[C@H](OCCN)[C@@H](OC(C)=O)[C@@H]1OC(C)=O. The third-order valence-electron chi connectivity index (χ3n) is 6.01. The van der Waals surface area contributed by atoms with Gasteiger partial charge in [-0.25, -0.2) is 0 Å². The standard InChI is InChI=1S/C26H39NO17/c1-11(28)36-9-18-20(39-13(3)30)22(41-15(5)32)24(35-8-7-27)26(44-18)37-10-17-19(38-12(2)29)21(40-14(4)31)23(25(34)43-17)42-16(6)33/h17-26,34H,7-10,27H2,1-6H3/t17-,18-,19-,20-,21+,22+,23-,24-,25-,26-/m1/s1. The van der Waals surface area contributed by atoms with Crippen LogP contribution in [0.1, 0.15) is 41.5 Å². The highest BCUT2D eigenvalue weighted by Gasteiger charge is 2.54. The van der Waals surface area contributed by atoms with Gasteiger partial charge < -0.3 is 58.2 Å². The molecule has 0 spiro atoms. The number of carbonyl (C=O) groups excluding carboxylic acids is 6. The molecule has 0 aliphatic carbocycles. The van der Waals surface area contributed by atoms with Gasteiger partial charge in [-0.3, -0.25) is 28.8 Å². The number of hydrogen-bond donors (Lipinski definition) is 2. The minimum atomic E-state index is -1.86.